The minimum absolute atomic E-state index is 0. The fraction of sp³-hybridized carbons (Fsp3) is 0.500. The van der Waals surface area contributed by atoms with E-state index in [4.69, 9.17) is 5.73 Å². The summed E-state index contributed by atoms with van der Waals surface area (Å²) in [5.41, 5.74) is 6.75. The zero-order chi connectivity index (χ0) is 10.8. The first-order valence-electron chi connectivity index (χ1n) is 5.39. The molecule has 0 spiro atoms. The maximum Gasteiger partial charge on any atom is 0.129 e. The lowest BCUT2D eigenvalue weighted by Crippen LogP contribution is -2.20. The van der Waals surface area contributed by atoms with Crippen LogP contribution in [0.15, 0.2) is 22.7 Å². The van der Waals surface area contributed by atoms with Gasteiger partial charge in [0.25, 0.3) is 0 Å². The molecule has 1 nitrogen and oxygen atoms in total. The van der Waals surface area contributed by atoms with Crippen molar-refractivity contribution in [3.63, 3.8) is 0 Å². The van der Waals surface area contributed by atoms with E-state index in [-0.39, 0.29) is 24.3 Å². The van der Waals surface area contributed by atoms with Crippen molar-refractivity contribution >= 4 is 28.3 Å². The third kappa shape index (κ3) is 2.96. The summed E-state index contributed by atoms with van der Waals surface area (Å²) in [6.45, 7) is 0. The van der Waals surface area contributed by atoms with Gasteiger partial charge in [0.2, 0.25) is 0 Å². The third-order valence-corrected chi connectivity index (χ3v) is 3.72. The molecule has 1 aliphatic rings. The first-order valence-corrected chi connectivity index (χ1v) is 6.18. The lowest BCUT2D eigenvalue weighted by molar-refractivity contribution is 0.429. The van der Waals surface area contributed by atoms with Gasteiger partial charge in [0.15, 0.2) is 0 Å². The Hall–Kier alpha value is -0.120. The molecule has 0 bridgehead atoms. The van der Waals surface area contributed by atoms with E-state index in [1.54, 1.807) is 6.07 Å². The molecule has 2 N–H and O–H groups in total. The molecule has 1 saturated carbocycles. The van der Waals surface area contributed by atoms with E-state index in [0.717, 1.165) is 17.3 Å². The molecule has 16 heavy (non-hydrogen) atoms. The largest absolute Gasteiger partial charge is 0.324 e. The number of rotatable bonds is 2. The van der Waals surface area contributed by atoms with Crippen molar-refractivity contribution in [1.29, 1.82) is 0 Å². The summed E-state index contributed by atoms with van der Waals surface area (Å²) in [7, 11) is 0. The van der Waals surface area contributed by atoms with Gasteiger partial charge in [-0.1, -0.05) is 34.8 Å². The normalized spacial score (nSPS) is 18.2. The molecule has 0 unspecified atom stereocenters. The topological polar surface area (TPSA) is 26.0 Å². The lowest BCUT2D eigenvalue weighted by atomic mass is 9.92. The van der Waals surface area contributed by atoms with Crippen molar-refractivity contribution in [3.05, 3.63) is 34.1 Å². The average molecular weight is 309 g/mol. The number of halogens is 3. The molecule has 1 fully saturated rings. The van der Waals surface area contributed by atoms with Crippen molar-refractivity contribution in [2.45, 2.75) is 31.7 Å². The molecule has 1 aromatic rings. The highest BCUT2D eigenvalue weighted by atomic mass is 79.9. The molecule has 0 aliphatic heterocycles. The Morgan fingerprint density at radius 2 is 1.94 bits per heavy atom. The number of nitrogens with two attached hydrogens (primary N) is 1. The van der Waals surface area contributed by atoms with E-state index < -0.39 is 0 Å². The first kappa shape index (κ1) is 13.9. The van der Waals surface area contributed by atoms with Gasteiger partial charge in [-0.15, -0.1) is 12.4 Å². The minimum Gasteiger partial charge on any atom is -0.324 e. The Bertz CT molecular complexity index is 353. The molecular formula is C12H16BrClFN. The van der Waals surface area contributed by atoms with Crippen LogP contribution in [0.3, 0.4) is 0 Å². The second kappa shape index (κ2) is 5.99. The number of hydrogen-bond donors (Lipinski definition) is 1. The Morgan fingerprint density at radius 1 is 1.31 bits per heavy atom. The van der Waals surface area contributed by atoms with Gasteiger partial charge < -0.3 is 5.73 Å². The number of hydrogen-bond acceptors (Lipinski definition) is 1. The quantitative estimate of drug-likeness (QED) is 0.870. The van der Waals surface area contributed by atoms with Crippen LogP contribution in [-0.4, -0.2) is 0 Å². The van der Waals surface area contributed by atoms with Crippen molar-refractivity contribution in [2.24, 2.45) is 11.7 Å². The summed E-state index contributed by atoms with van der Waals surface area (Å²) >= 11 is 3.25. The van der Waals surface area contributed by atoms with E-state index in [2.05, 4.69) is 15.9 Å². The van der Waals surface area contributed by atoms with E-state index in [0.29, 0.717) is 11.5 Å². The minimum atomic E-state index is -0.191. The zero-order valence-electron chi connectivity index (χ0n) is 8.96. The van der Waals surface area contributed by atoms with Crippen LogP contribution in [0.2, 0.25) is 0 Å². The highest BCUT2D eigenvalue weighted by Gasteiger charge is 2.25. The molecule has 90 valence electrons. The lowest BCUT2D eigenvalue weighted by Gasteiger charge is -2.19. The molecule has 0 radical (unpaired) electrons. The third-order valence-electron chi connectivity index (χ3n) is 3.23. The maximum absolute atomic E-state index is 13.6. The van der Waals surface area contributed by atoms with Crippen LogP contribution in [0.4, 0.5) is 4.39 Å². The van der Waals surface area contributed by atoms with E-state index in [1.165, 1.54) is 18.9 Å². The molecule has 0 heterocycles. The fourth-order valence-electron chi connectivity index (χ4n) is 2.34. The molecule has 2 rings (SSSR count). The highest BCUT2D eigenvalue weighted by Crippen LogP contribution is 2.35. The van der Waals surface area contributed by atoms with E-state index in [1.807, 2.05) is 6.07 Å². The summed E-state index contributed by atoms with van der Waals surface area (Å²) in [6.07, 6.45) is 4.74. The maximum atomic E-state index is 13.6. The van der Waals surface area contributed by atoms with Gasteiger partial charge in [-0.3, -0.25) is 0 Å². The standard InChI is InChI=1S/C12H15BrFN.ClH/c13-9-5-6-10(11(14)7-9)12(15)8-3-1-2-4-8;/h5-8,12H,1-4,15H2;1H/t12-;/m0./s1. The van der Waals surface area contributed by atoms with Crippen LogP contribution in [0.1, 0.15) is 37.3 Å². The summed E-state index contributed by atoms with van der Waals surface area (Å²) in [4.78, 5) is 0. The molecule has 0 aromatic heterocycles. The van der Waals surface area contributed by atoms with Crippen molar-refractivity contribution in [2.75, 3.05) is 0 Å². The Balaban J connectivity index is 0.00000128. The molecule has 0 amide bonds. The smallest absolute Gasteiger partial charge is 0.129 e. The van der Waals surface area contributed by atoms with Crippen molar-refractivity contribution in [1.82, 2.24) is 0 Å². The Kier molecular flexibility index (Phi) is 5.22. The molecular weight excluding hydrogens is 292 g/mol. The predicted octanol–water partition coefficient (Wildman–Crippen LogP) is 4.20. The molecule has 1 aliphatic carbocycles. The summed E-state index contributed by atoms with van der Waals surface area (Å²) in [5, 5.41) is 0. The zero-order valence-corrected chi connectivity index (χ0v) is 11.4. The second-order valence-corrected chi connectivity index (χ2v) is 5.15. The van der Waals surface area contributed by atoms with Crippen LogP contribution >= 0.6 is 28.3 Å². The van der Waals surface area contributed by atoms with Crippen LogP contribution in [0.25, 0.3) is 0 Å². The van der Waals surface area contributed by atoms with E-state index in [9.17, 15) is 4.39 Å². The van der Waals surface area contributed by atoms with Gasteiger partial charge in [-0.05, 0) is 30.9 Å². The van der Waals surface area contributed by atoms with Gasteiger partial charge in [-0.25, -0.2) is 4.39 Å². The SMILES string of the molecule is Cl.N[C@H](c1ccc(Br)cc1F)C1CCCC1. The van der Waals surface area contributed by atoms with Crippen LogP contribution in [-0.2, 0) is 0 Å². The van der Waals surface area contributed by atoms with Crippen molar-refractivity contribution < 1.29 is 4.39 Å². The average Bonchev–Trinajstić information content (AvgIpc) is 2.69. The van der Waals surface area contributed by atoms with Crippen LogP contribution < -0.4 is 5.73 Å². The molecule has 1 atom stereocenters. The van der Waals surface area contributed by atoms with Gasteiger partial charge in [0.05, 0.1) is 0 Å². The fourth-order valence-corrected chi connectivity index (χ4v) is 2.68. The molecule has 4 heteroatoms. The molecule has 0 saturated heterocycles. The van der Waals surface area contributed by atoms with E-state index >= 15 is 0 Å². The number of benzene rings is 1. The van der Waals surface area contributed by atoms with Gasteiger partial charge >= 0.3 is 0 Å². The summed E-state index contributed by atoms with van der Waals surface area (Å²) < 4.78 is 14.4. The van der Waals surface area contributed by atoms with Gasteiger partial charge in [0, 0.05) is 16.1 Å². The highest BCUT2D eigenvalue weighted by molar-refractivity contribution is 9.10. The van der Waals surface area contributed by atoms with Crippen LogP contribution in [0, 0.1) is 11.7 Å². The van der Waals surface area contributed by atoms with Crippen molar-refractivity contribution in [3.8, 4) is 0 Å². The predicted molar refractivity (Wildman–Crippen MR) is 70.2 cm³/mol. The monoisotopic (exact) mass is 307 g/mol. The van der Waals surface area contributed by atoms with Gasteiger partial charge in [-0.2, -0.15) is 0 Å². The first-order chi connectivity index (χ1) is 7.18. The molecule has 1 aromatic carbocycles. The Labute approximate surface area is 110 Å². The Morgan fingerprint density at radius 3 is 2.50 bits per heavy atom. The summed E-state index contributed by atoms with van der Waals surface area (Å²) in [5.74, 6) is 0.268. The second-order valence-electron chi connectivity index (χ2n) is 4.24. The van der Waals surface area contributed by atoms with Crippen LogP contribution in [0.5, 0.6) is 0 Å². The summed E-state index contributed by atoms with van der Waals surface area (Å²) in [6, 6.07) is 5.00. The van der Waals surface area contributed by atoms with Gasteiger partial charge in [0.1, 0.15) is 5.82 Å².